The fourth-order valence-electron chi connectivity index (χ4n) is 0.619. The fraction of sp³-hybridized carbons (Fsp3) is 0.143. The van der Waals surface area contributed by atoms with Crippen LogP contribution in [0, 0.1) is 0 Å². The molecule has 54 valence electrons. The molecule has 0 aliphatic carbocycles. The summed E-state index contributed by atoms with van der Waals surface area (Å²) in [5.74, 6) is 0.824. The van der Waals surface area contributed by atoms with E-state index in [-0.39, 0.29) is 6.79 Å². The van der Waals surface area contributed by atoms with E-state index in [0.717, 1.165) is 5.75 Å². The van der Waals surface area contributed by atoms with Crippen LogP contribution in [0.5, 0.6) is 5.75 Å². The van der Waals surface area contributed by atoms with E-state index in [1.807, 2.05) is 30.3 Å². The molecule has 0 radical (unpaired) electrons. The van der Waals surface area contributed by atoms with E-state index in [9.17, 15) is 0 Å². The highest BCUT2D eigenvalue weighted by molar-refractivity contribution is 7.09. The number of rotatable bonds is 3. The van der Waals surface area contributed by atoms with E-state index in [1.54, 1.807) is 0 Å². The highest BCUT2D eigenvalue weighted by Gasteiger charge is 1.86. The number of ether oxygens (including phenoxy) is 1. The molecule has 0 fully saturated rings. The van der Waals surface area contributed by atoms with Gasteiger partial charge in [0.1, 0.15) is 5.75 Å². The van der Waals surface area contributed by atoms with Crippen LogP contribution in [0.4, 0.5) is 0 Å². The van der Waals surface area contributed by atoms with Crippen molar-refractivity contribution in [1.82, 2.24) is 0 Å². The van der Waals surface area contributed by atoms with Crippen LogP contribution in [0.2, 0.25) is 0 Å². The van der Waals surface area contributed by atoms with Gasteiger partial charge < -0.3 is 9.26 Å². The smallest absolute Gasteiger partial charge is 0.191 e. The molecule has 1 unspecified atom stereocenters. The molecule has 10 heavy (non-hydrogen) atoms. The quantitative estimate of drug-likeness (QED) is 0.491. The first-order valence-electron chi connectivity index (χ1n) is 2.93. The van der Waals surface area contributed by atoms with Crippen molar-refractivity contribution in [3.05, 3.63) is 30.3 Å². The minimum absolute atomic E-state index is 0.272. The minimum Gasteiger partial charge on any atom is -0.467 e. The van der Waals surface area contributed by atoms with E-state index >= 15 is 0 Å². The molecule has 0 bridgehead atoms. The zero-order valence-corrected chi connectivity index (χ0v) is 6.64. The SMILES string of the molecule is POCOc1ccccc1. The highest BCUT2D eigenvalue weighted by Crippen LogP contribution is 2.07. The van der Waals surface area contributed by atoms with Crippen LogP contribution in [-0.2, 0) is 4.52 Å². The molecule has 1 atom stereocenters. The van der Waals surface area contributed by atoms with Gasteiger partial charge in [0.05, 0.1) is 0 Å². The molecule has 1 aromatic carbocycles. The van der Waals surface area contributed by atoms with Crippen LogP contribution in [0.15, 0.2) is 30.3 Å². The van der Waals surface area contributed by atoms with E-state index < -0.39 is 0 Å². The largest absolute Gasteiger partial charge is 0.467 e. The first-order chi connectivity index (χ1) is 4.93. The van der Waals surface area contributed by atoms with Gasteiger partial charge in [0, 0.05) is 9.47 Å². The van der Waals surface area contributed by atoms with Crippen molar-refractivity contribution < 1.29 is 9.26 Å². The van der Waals surface area contributed by atoms with Crippen LogP contribution in [-0.4, -0.2) is 6.79 Å². The average molecular weight is 156 g/mol. The monoisotopic (exact) mass is 156 g/mol. The van der Waals surface area contributed by atoms with Gasteiger partial charge in [-0.05, 0) is 12.1 Å². The Morgan fingerprint density at radius 1 is 1.20 bits per heavy atom. The van der Waals surface area contributed by atoms with Crippen molar-refractivity contribution >= 4 is 9.47 Å². The minimum atomic E-state index is 0.272. The summed E-state index contributed by atoms with van der Waals surface area (Å²) in [6.45, 7) is 0.272. The topological polar surface area (TPSA) is 18.5 Å². The molecule has 0 heterocycles. The summed E-state index contributed by atoms with van der Waals surface area (Å²) in [7, 11) is 2.13. The summed E-state index contributed by atoms with van der Waals surface area (Å²) < 4.78 is 9.75. The van der Waals surface area contributed by atoms with Gasteiger partial charge in [-0.15, -0.1) is 0 Å². The maximum absolute atomic E-state index is 5.11. The fourth-order valence-corrected chi connectivity index (χ4v) is 0.687. The van der Waals surface area contributed by atoms with Crippen LogP contribution in [0.3, 0.4) is 0 Å². The Balaban J connectivity index is 2.43. The normalized spacial score (nSPS) is 9.30. The van der Waals surface area contributed by atoms with Crippen molar-refractivity contribution in [2.45, 2.75) is 0 Å². The van der Waals surface area contributed by atoms with Gasteiger partial charge in [0.25, 0.3) is 0 Å². The van der Waals surface area contributed by atoms with E-state index in [0.29, 0.717) is 0 Å². The lowest BCUT2D eigenvalue weighted by Gasteiger charge is -2.01. The highest BCUT2D eigenvalue weighted by atomic mass is 31.0. The number of hydrogen-bond acceptors (Lipinski definition) is 2. The third-order valence-corrected chi connectivity index (χ3v) is 1.17. The summed E-state index contributed by atoms with van der Waals surface area (Å²) in [4.78, 5) is 0. The standard InChI is InChI=1S/C7H9O2P/c10-9-6-8-7-4-2-1-3-5-7/h1-5H,6,10H2. The maximum atomic E-state index is 5.11. The second-order valence-corrected chi connectivity index (χ2v) is 2.08. The van der Waals surface area contributed by atoms with Gasteiger partial charge in [0.15, 0.2) is 6.79 Å². The Kier molecular flexibility index (Phi) is 3.20. The van der Waals surface area contributed by atoms with E-state index in [4.69, 9.17) is 4.74 Å². The first-order valence-corrected chi connectivity index (χ1v) is 3.40. The molecular weight excluding hydrogens is 147 g/mol. The first kappa shape index (κ1) is 7.52. The van der Waals surface area contributed by atoms with Crippen molar-refractivity contribution in [3.63, 3.8) is 0 Å². The Labute approximate surface area is 62.4 Å². The lowest BCUT2D eigenvalue weighted by molar-refractivity contribution is 0.141. The van der Waals surface area contributed by atoms with Gasteiger partial charge in [-0.3, -0.25) is 0 Å². The van der Waals surface area contributed by atoms with Crippen molar-refractivity contribution in [2.75, 3.05) is 6.79 Å². The van der Waals surface area contributed by atoms with Crippen molar-refractivity contribution in [2.24, 2.45) is 0 Å². The molecule has 1 rings (SSSR count). The molecule has 0 saturated carbocycles. The Hall–Kier alpha value is -0.590. The summed E-state index contributed by atoms with van der Waals surface area (Å²) >= 11 is 0. The lowest BCUT2D eigenvalue weighted by Crippen LogP contribution is -1.94. The lowest BCUT2D eigenvalue weighted by atomic mass is 10.3. The molecule has 0 spiro atoms. The molecule has 0 amide bonds. The van der Waals surface area contributed by atoms with Crippen LogP contribution in [0.25, 0.3) is 0 Å². The summed E-state index contributed by atoms with van der Waals surface area (Å²) in [6.07, 6.45) is 0. The van der Waals surface area contributed by atoms with Crippen LogP contribution >= 0.6 is 9.47 Å². The van der Waals surface area contributed by atoms with Crippen LogP contribution < -0.4 is 4.74 Å². The van der Waals surface area contributed by atoms with Crippen LogP contribution in [0.1, 0.15) is 0 Å². The number of benzene rings is 1. The Morgan fingerprint density at radius 3 is 2.50 bits per heavy atom. The van der Waals surface area contributed by atoms with Gasteiger partial charge in [-0.2, -0.15) is 0 Å². The third-order valence-electron chi connectivity index (χ3n) is 1.04. The molecule has 0 N–H and O–H groups in total. The zero-order chi connectivity index (χ0) is 7.23. The molecular formula is C7H9O2P. The summed E-state index contributed by atoms with van der Waals surface area (Å²) in [5.41, 5.74) is 0. The van der Waals surface area contributed by atoms with Gasteiger partial charge >= 0.3 is 0 Å². The molecule has 0 saturated heterocycles. The van der Waals surface area contributed by atoms with Crippen molar-refractivity contribution in [1.29, 1.82) is 0 Å². The Bertz CT molecular complexity index is 176. The Morgan fingerprint density at radius 2 is 1.90 bits per heavy atom. The van der Waals surface area contributed by atoms with Gasteiger partial charge in [0.2, 0.25) is 0 Å². The summed E-state index contributed by atoms with van der Waals surface area (Å²) in [5, 5.41) is 0. The molecule has 1 aromatic rings. The second-order valence-electron chi connectivity index (χ2n) is 1.74. The predicted molar refractivity (Wildman–Crippen MR) is 42.7 cm³/mol. The second kappa shape index (κ2) is 4.26. The number of para-hydroxylation sites is 1. The van der Waals surface area contributed by atoms with E-state index in [2.05, 4.69) is 14.0 Å². The third kappa shape index (κ3) is 2.34. The average Bonchev–Trinajstić information content (AvgIpc) is 2.03. The van der Waals surface area contributed by atoms with E-state index in [1.165, 1.54) is 0 Å². The summed E-state index contributed by atoms with van der Waals surface area (Å²) in [6, 6.07) is 9.53. The molecule has 3 heteroatoms. The molecule has 0 aromatic heterocycles. The zero-order valence-electron chi connectivity index (χ0n) is 5.49. The maximum Gasteiger partial charge on any atom is 0.191 e. The molecule has 0 aliphatic rings. The molecule has 0 aliphatic heterocycles. The van der Waals surface area contributed by atoms with Crippen molar-refractivity contribution in [3.8, 4) is 5.75 Å². The van der Waals surface area contributed by atoms with Gasteiger partial charge in [-0.1, -0.05) is 18.2 Å². The predicted octanol–water partition coefficient (Wildman–Crippen LogP) is 1.83. The van der Waals surface area contributed by atoms with Gasteiger partial charge in [-0.25, -0.2) is 0 Å². The number of hydrogen-bond donors (Lipinski definition) is 0. The molecule has 2 nitrogen and oxygen atoms in total.